The molecule has 0 unspecified atom stereocenters. The molecule has 0 spiro atoms. The van der Waals surface area contributed by atoms with Gasteiger partial charge in [-0.15, -0.1) is 0 Å². The maximum atomic E-state index is 15.6. The van der Waals surface area contributed by atoms with E-state index in [2.05, 4.69) is 10.2 Å². The molecule has 0 radical (unpaired) electrons. The maximum absolute atomic E-state index is 15.6. The van der Waals surface area contributed by atoms with Crippen LogP contribution in [0.15, 0.2) is 71.5 Å². The highest BCUT2D eigenvalue weighted by atomic mass is 19.1. The Morgan fingerprint density at radius 3 is 2.21 bits per heavy atom. The average Bonchev–Trinajstić information content (AvgIpc) is 3.16. The lowest BCUT2D eigenvalue weighted by Crippen LogP contribution is -2.30. The number of imide groups is 1. The van der Waals surface area contributed by atoms with Crippen LogP contribution in [-0.2, 0) is 22.4 Å². The maximum Gasteiger partial charge on any atom is 0.272 e. The number of fused-ring (bicyclic) bond motifs is 1. The summed E-state index contributed by atoms with van der Waals surface area (Å²) in [5.41, 5.74) is 2.29. The minimum Gasteiger partial charge on any atom is -0.274 e. The third kappa shape index (κ3) is 3.93. The number of hydrogen-bond acceptors (Lipinski definition) is 4. The summed E-state index contributed by atoms with van der Waals surface area (Å²) in [6, 6.07) is 19.8. The minimum absolute atomic E-state index is 0.0281. The van der Waals surface area contributed by atoms with Crippen molar-refractivity contribution in [2.24, 2.45) is 0 Å². The molecule has 2 amide bonds. The van der Waals surface area contributed by atoms with Crippen LogP contribution >= 0.6 is 0 Å². The van der Waals surface area contributed by atoms with Gasteiger partial charge in [-0.3, -0.25) is 14.4 Å². The van der Waals surface area contributed by atoms with Crippen LogP contribution in [0.3, 0.4) is 0 Å². The zero-order chi connectivity index (χ0) is 22.9. The molecular formula is C26H20FN3O3. The highest BCUT2D eigenvalue weighted by molar-refractivity contribution is 6.20. The van der Waals surface area contributed by atoms with E-state index in [0.29, 0.717) is 40.4 Å². The summed E-state index contributed by atoms with van der Waals surface area (Å²) in [5.74, 6) is -1.39. The van der Waals surface area contributed by atoms with E-state index in [1.807, 2.05) is 42.5 Å². The fourth-order valence-electron chi connectivity index (χ4n) is 4.29. The fraction of sp³-hybridized carbons (Fsp3) is 0.154. The summed E-state index contributed by atoms with van der Waals surface area (Å²) < 4.78 is 15.6. The summed E-state index contributed by atoms with van der Waals surface area (Å²) in [4.78, 5) is 37.8. The second-order valence-corrected chi connectivity index (χ2v) is 8.10. The number of amides is 2. The SMILES string of the molecule is O=C1CCC(=O)N1c1cc(Cc2n[nH]c(=O)c3ccccc23)cc(Cc2ccccc2)c1F. The quantitative estimate of drug-likeness (QED) is 0.476. The van der Waals surface area contributed by atoms with E-state index in [9.17, 15) is 14.4 Å². The summed E-state index contributed by atoms with van der Waals surface area (Å²) in [7, 11) is 0. The number of nitrogens with one attached hydrogen (secondary N) is 1. The van der Waals surface area contributed by atoms with Crippen molar-refractivity contribution in [2.45, 2.75) is 25.7 Å². The molecule has 0 aliphatic carbocycles. The molecule has 6 nitrogen and oxygen atoms in total. The van der Waals surface area contributed by atoms with E-state index in [1.54, 1.807) is 18.2 Å². The smallest absolute Gasteiger partial charge is 0.272 e. The lowest BCUT2D eigenvalue weighted by Gasteiger charge is -2.19. The van der Waals surface area contributed by atoms with Crippen LogP contribution in [-0.4, -0.2) is 22.0 Å². The Labute approximate surface area is 188 Å². The summed E-state index contributed by atoms with van der Waals surface area (Å²) in [6.45, 7) is 0. The fourth-order valence-corrected chi connectivity index (χ4v) is 4.29. The first-order chi connectivity index (χ1) is 16.0. The Morgan fingerprint density at radius 2 is 1.48 bits per heavy atom. The van der Waals surface area contributed by atoms with Gasteiger partial charge < -0.3 is 0 Å². The summed E-state index contributed by atoms with van der Waals surface area (Å²) in [5, 5.41) is 7.94. The van der Waals surface area contributed by atoms with Crippen LogP contribution in [0.1, 0.15) is 35.2 Å². The molecule has 1 N–H and O–H groups in total. The molecule has 1 aliphatic heterocycles. The molecule has 4 aromatic rings. The third-order valence-corrected chi connectivity index (χ3v) is 5.86. The second-order valence-electron chi connectivity index (χ2n) is 8.10. The van der Waals surface area contributed by atoms with E-state index in [4.69, 9.17) is 0 Å². The van der Waals surface area contributed by atoms with Crippen LogP contribution < -0.4 is 10.5 Å². The molecule has 3 aromatic carbocycles. The van der Waals surface area contributed by atoms with Crippen molar-refractivity contribution in [1.82, 2.24) is 10.2 Å². The van der Waals surface area contributed by atoms with Crippen LogP contribution in [0.4, 0.5) is 10.1 Å². The lowest BCUT2D eigenvalue weighted by atomic mass is 9.97. The second kappa shape index (κ2) is 8.43. The Balaban J connectivity index is 1.63. The number of aromatic nitrogens is 2. The average molecular weight is 441 g/mol. The van der Waals surface area contributed by atoms with Crippen molar-refractivity contribution in [1.29, 1.82) is 0 Å². The monoisotopic (exact) mass is 441 g/mol. The number of nitrogens with zero attached hydrogens (tertiary/aromatic N) is 2. The van der Waals surface area contributed by atoms with Crippen LogP contribution in [0.2, 0.25) is 0 Å². The van der Waals surface area contributed by atoms with Crippen molar-refractivity contribution in [3.8, 4) is 0 Å². The Kier molecular flexibility index (Phi) is 5.30. The van der Waals surface area contributed by atoms with Crippen molar-refractivity contribution in [3.63, 3.8) is 0 Å². The summed E-state index contributed by atoms with van der Waals surface area (Å²) in [6.07, 6.45) is 0.747. The van der Waals surface area contributed by atoms with E-state index < -0.39 is 17.6 Å². The van der Waals surface area contributed by atoms with Gasteiger partial charge in [-0.1, -0.05) is 54.6 Å². The molecule has 1 aromatic heterocycles. The number of H-pyrrole nitrogens is 1. The lowest BCUT2D eigenvalue weighted by molar-refractivity contribution is -0.121. The van der Waals surface area contributed by atoms with Gasteiger partial charge in [0.15, 0.2) is 5.82 Å². The molecule has 5 rings (SSSR count). The van der Waals surface area contributed by atoms with Crippen molar-refractivity contribution in [2.75, 3.05) is 4.90 Å². The van der Waals surface area contributed by atoms with Gasteiger partial charge in [0.2, 0.25) is 11.8 Å². The van der Waals surface area contributed by atoms with E-state index >= 15 is 4.39 Å². The predicted octanol–water partition coefficient (Wildman–Crippen LogP) is 3.90. The molecule has 0 bridgehead atoms. The zero-order valence-electron chi connectivity index (χ0n) is 17.7. The van der Waals surface area contributed by atoms with Gasteiger partial charge in [0.1, 0.15) is 0 Å². The predicted molar refractivity (Wildman–Crippen MR) is 123 cm³/mol. The number of halogens is 1. The topological polar surface area (TPSA) is 83.1 Å². The molecule has 7 heteroatoms. The van der Waals surface area contributed by atoms with Gasteiger partial charge >= 0.3 is 0 Å². The molecule has 164 valence electrons. The van der Waals surface area contributed by atoms with E-state index in [-0.39, 0.29) is 24.1 Å². The molecule has 0 atom stereocenters. The van der Waals surface area contributed by atoms with Gasteiger partial charge in [-0.05, 0) is 28.8 Å². The van der Waals surface area contributed by atoms with Crippen molar-refractivity contribution >= 4 is 28.3 Å². The molecular weight excluding hydrogens is 421 g/mol. The zero-order valence-corrected chi connectivity index (χ0v) is 17.7. The Hall–Kier alpha value is -4.13. The standard InChI is InChI=1S/C26H20FN3O3/c27-25-18(12-16-6-2-1-3-7-16)13-17(15-22(25)30-23(31)10-11-24(30)32)14-21-19-8-4-5-9-20(19)26(33)29-28-21/h1-9,13,15H,10-12,14H2,(H,29,33). The van der Waals surface area contributed by atoms with Gasteiger partial charge in [0.05, 0.1) is 16.8 Å². The van der Waals surface area contributed by atoms with Gasteiger partial charge in [-0.25, -0.2) is 14.4 Å². The first-order valence-corrected chi connectivity index (χ1v) is 10.7. The normalized spacial score (nSPS) is 13.8. The van der Waals surface area contributed by atoms with Gasteiger partial charge in [0.25, 0.3) is 5.56 Å². The third-order valence-electron chi connectivity index (χ3n) is 5.86. The first-order valence-electron chi connectivity index (χ1n) is 10.7. The molecule has 1 saturated heterocycles. The number of benzene rings is 3. The van der Waals surface area contributed by atoms with Crippen LogP contribution in [0.5, 0.6) is 0 Å². The molecule has 33 heavy (non-hydrogen) atoms. The molecule has 1 aliphatic rings. The molecule has 0 saturated carbocycles. The van der Waals surface area contributed by atoms with Crippen LogP contribution in [0, 0.1) is 5.82 Å². The van der Waals surface area contributed by atoms with Gasteiger partial charge in [0, 0.05) is 31.1 Å². The minimum atomic E-state index is -0.578. The Morgan fingerprint density at radius 1 is 0.818 bits per heavy atom. The van der Waals surface area contributed by atoms with Crippen molar-refractivity contribution < 1.29 is 14.0 Å². The number of hydrogen-bond donors (Lipinski definition) is 1. The van der Waals surface area contributed by atoms with Gasteiger partial charge in [-0.2, -0.15) is 5.10 Å². The van der Waals surface area contributed by atoms with E-state index in [0.717, 1.165) is 10.5 Å². The van der Waals surface area contributed by atoms with Crippen LogP contribution in [0.25, 0.3) is 10.8 Å². The Bertz CT molecular complexity index is 1430. The number of carbonyl (C=O) groups excluding carboxylic acids is 2. The number of rotatable bonds is 5. The molecule has 1 fully saturated rings. The number of aromatic amines is 1. The number of carbonyl (C=O) groups is 2. The number of anilines is 1. The molecule has 2 heterocycles. The summed E-state index contributed by atoms with van der Waals surface area (Å²) >= 11 is 0. The van der Waals surface area contributed by atoms with Crippen molar-refractivity contribution in [3.05, 3.63) is 105 Å². The van der Waals surface area contributed by atoms with E-state index in [1.165, 1.54) is 6.07 Å². The largest absolute Gasteiger partial charge is 0.274 e. The first kappa shape index (κ1) is 20.8. The highest BCUT2D eigenvalue weighted by Gasteiger charge is 2.33. The highest BCUT2D eigenvalue weighted by Crippen LogP contribution is 2.31.